The molecule has 0 saturated heterocycles. The lowest BCUT2D eigenvalue weighted by Gasteiger charge is -2.09. The topological polar surface area (TPSA) is 72.8 Å². The number of aliphatic carboxylic acids is 1. The van der Waals surface area contributed by atoms with E-state index in [2.05, 4.69) is 4.74 Å². The molecule has 0 unspecified atom stereocenters. The minimum absolute atomic E-state index is 0.112. The van der Waals surface area contributed by atoms with E-state index in [9.17, 15) is 9.59 Å². The van der Waals surface area contributed by atoms with E-state index in [1.807, 2.05) is 0 Å². The number of hydrogen-bond acceptors (Lipinski definition) is 4. The zero-order valence-corrected chi connectivity index (χ0v) is 11.0. The summed E-state index contributed by atoms with van der Waals surface area (Å²) in [5.41, 5.74) is 0.528. The van der Waals surface area contributed by atoms with Crippen LogP contribution >= 0.6 is 11.6 Å². The molecule has 0 spiro atoms. The number of benzene rings is 1. The first-order valence-corrected chi connectivity index (χ1v) is 5.81. The van der Waals surface area contributed by atoms with Crippen molar-refractivity contribution in [3.05, 3.63) is 34.9 Å². The summed E-state index contributed by atoms with van der Waals surface area (Å²) in [4.78, 5) is 21.4. The maximum atomic E-state index is 10.9. The van der Waals surface area contributed by atoms with Crippen molar-refractivity contribution in [2.75, 3.05) is 13.7 Å². The van der Waals surface area contributed by atoms with E-state index in [1.165, 1.54) is 13.2 Å². The molecular formula is C13H13ClO5. The maximum absolute atomic E-state index is 10.9. The van der Waals surface area contributed by atoms with Crippen LogP contribution in [0.4, 0.5) is 0 Å². The molecule has 6 heteroatoms. The minimum Gasteiger partial charge on any atom is -0.492 e. The van der Waals surface area contributed by atoms with Gasteiger partial charge in [-0.3, -0.25) is 4.79 Å². The first-order chi connectivity index (χ1) is 9.02. The van der Waals surface area contributed by atoms with Gasteiger partial charge in [0.1, 0.15) is 5.75 Å². The van der Waals surface area contributed by atoms with E-state index < -0.39 is 5.97 Å². The summed E-state index contributed by atoms with van der Waals surface area (Å²) in [5.74, 6) is -0.997. The van der Waals surface area contributed by atoms with Gasteiger partial charge in [-0.25, -0.2) is 4.79 Å². The molecule has 0 aromatic heterocycles. The van der Waals surface area contributed by atoms with Crippen molar-refractivity contribution >= 4 is 29.6 Å². The highest BCUT2D eigenvalue weighted by Gasteiger charge is 2.05. The third kappa shape index (κ3) is 5.44. The zero-order valence-electron chi connectivity index (χ0n) is 10.3. The number of methoxy groups -OCH3 is 1. The van der Waals surface area contributed by atoms with Crippen LogP contribution in [0, 0.1) is 0 Å². The molecule has 1 aromatic carbocycles. The van der Waals surface area contributed by atoms with Gasteiger partial charge < -0.3 is 14.6 Å². The molecule has 0 saturated carbocycles. The molecule has 0 fully saturated rings. The SMILES string of the molecule is COC(=O)CCOc1ccc(Cl)cc1C=CC(=O)O. The Labute approximate surface area is 115 Å². The summed E-state index contributed by atoms with van der Waals surface area (Å²) in [5, 5.41) is 9.06. The molecule has 19 heavy (non-hydrogen) atoms. The van der Waals surface area contributed by atoms with Gasteiger partial charge in [0.05, 0.1) is 20.1 Å². The first-order valence-electron chi connectivity index (χ1n) is 5.43. The van der Waals surface area contributed by atoms with Crippen LogP contribution in [-0.2, 0) is 14.3 Å². The predicted octanol–water partition coefficient (Wildman–Crippen LogP) is 2.38. The van der Waals surface area contributed by atoms with Crippen molar-refractivity contribution in [2.24, 2.45) is 0 Å². The number of rotatable bonds is 6. The van der Waals surface area contributed by atoms with Crippen molar-refractivity contribution in [2.45, 2.75) is 6.42 Å². The van der Waals surface area contributed by atoms with Crippen LogP contribution in [0.25, 0.3) is 6.08 Å². The quantitative estimate of drug-likeness (QED) is 0.641. The molecule has 1 aromatic rings. The average Bonchev–Trinajstić information content (AvgIpc) is 2.38. The molecule has 0 heterocycles. The summed E-state index contributed by atoms with van der Waals surface area (Å²) in [7, 11) is 1.30. The fourth-order valence-electron chi connectivity index (χ4n) is 1.29. The van der Waals surface area contributed by atoms with Crippen molar-refractivity contribution in [1.29, 1.82) is 0 Å². The maximum Gasteiger partial charge on any atom is 0.328 e. The second-order valence-corrected chi connectivity index (χ2v) is 3.96. The Bertz CT molecular complexity index is 496. The monoisotopic (exact) mass is 284 g/mol. The number of carbonyl (C=O) groups excluding carboxylic acids is 1. The summed E-state index contributed by atoms with van der Waals surface area (Å²) in [6, 6.07) is 4.81. The van der Waals surface area contributed by atoms with Gasteiger partial charge in [0.25, 0.3) is 0 Å². The molecule has 0 aliphatic heterocycles. The van der Waals surface area contributed by atoms with Gasteiger partial charge in [0.2, 0.25) is 0 Å². The van der Waals surface area contributed by atoms with Crippen LogP contribution in [0.15, 0.2) is 24.3 Å². The van der Waals surface area contributed by atoms with Gasteiger partial charge >= 0.3 is 11.9 Å². The highest BCUT2D eigenvalue weighted by Crippen LogP contribution is 2.24. The second kappa shape index (κ2) is 7.43. The van der Waals surface area contributed by atoms with Gasteiger partial charge in [-0.05, 0) is 24.3 Å². The molecule has 0 aliphatic rings. The zero-order chi connectivity index (χ0) is 14.3. The van der Waals surface area contributed by atoms with Crippen LogP contribution in [-0.4, -0.2) is 30.8 Å². The normalized spacial score (nSPS) is 10.4. The highest BCUT2D eigenvalue weighted by atomic mass is 35.5. The largest absolute Gasteiger partial charge is 0.492 e. The molecule has 102 valence electrons. The van der Waals surface area contributed by atoms with Crippen molar-refractivity contribution in [1.82, 2.24) is 0 Å². The molecular weight excluding hydrogens is 272 g/mol. The van der Waals surface area contributed by atoms with Crippen molar-refractivity contribution in [3.8, 4) is 5.75 Å². The summed E-state index contributed by atoms with van der Waals surface area (Å²) >= 11 is 5.83. The molecule has 0 atom stereocenters. The van der Waals surface area contributed by atoms with Crippen LogP contribution in [0.3, 0.4) is 0 Å². The van der Waals surface area contributed by atoms with Crippen LogP contribution in [0.2, 0.25) is 5.02 Å². The molecule has 0 amide bonds. The molecule has 0 aliphatic carbocycles. The molecule has 1 N–H and O–H groups in total. The Hall–Kier alpha value is -2.01. The third-order valence-corrected chi connectivity index (χ3v) is 2.40. The number of carboxylic acid groups (broad SMARTS) is 1. The van der Waals surface area contributed by atoms with Gasteiger partial charge in [-0.15, -0.1) is 0 Å². The summed E-state index contributed by atoms with van der Waals surface area (Å²) in [6.45, 7) is 0.141. The van der Waals surface area contributed by atoms with E-state index in [4.69, 9.17) is 21.4 Å². The number of esters is 1. The van der Waals surface area contributed by atoms with Crippen molar-refractivity contribution in [3.63, 3.8) is 0 Å². The number of halogens is 1. The van der Waals surface area contributed by atoms with E-state index in [0.717, 1.165) is 6.08 Å². The average molecular weight is 285 g/mol. The highest BCUT2D eigenvalue weighted by molar-refractivity contribution is 6.30. The summed E-state index contributed by atoms with van der Waals surface area (Å²) in [6.07, 6.45) is 2.47. The Kier molecular flexibility index (Phi) is 5.89. The lowest BCUT2D eigenvalue weighted by molar-refractivity contribution is -0.141. The van der Waals surface area contributed by atoms with Gasteiger partial charge in [0, 0.05) is 16.7 Å². The van der Waals surface area contributed by atoms with E-state index in [1.54, 1.807) is 18.2 Å². The van der Waals surface area contributed by atoms with Crippen LogP contribution < -0.4 is 4.74 Å². The lowest BCUT2D eigenvalue weighted by atomic mass is 10.2. The third-order valence-electron chi connectivity index (χ3n) is 2.17. The Morgan fingerprint density at radius 2 is 2.16 bits per heavy atom. The van der Waals surface area contributed by atoms with E-state index in [-0.39, 0.29) is 19.0 Å². The Balaban J connectivity index is 2.76. The Morgan fingerprint density at radius 3 is 2.79 bits per heavy atom. The minimum atomic E-state index is -1.07. The van der Waals surface area contributed by atoms with Gasteiger partial charge in [0.15, 0.2) is 0 Å². The fraction of sp³-hybridized carbons (Fsp3) is 0.231. The number of ether oxygens (including phenoxy) is 2. The molecule has 1 rings (SSSR count). The van der Waals surface area contributed by atoms with Gasteiger partial charge in [-0.2, -0.15) is 0 Å². The summed E-state index contributed by atoms with van der Waals surface area (Å²) < 4.78 is 9.88. The van der Waals surface area contributed by atoms with Crippen molar-refractivity contribution < 1.29 is 24.2 Å². The molecule has 5 nitrogen and oxygen atoms in total. The smallest absolute Gasteiger partial charge is 0.328 e. The number of carbonyl (C=O) groups is 2. The number of carboxylic acids is 1. The lowest BCUT2D eigenvalue weighted by Crippen LogP contribution is -2.08. The first kappa shape index (κ1) is 15.0. The van der Waals surface area contributed by atoms with E-state index in [0.29, 0.717) is 16.3 Å². The fourth-order valence-corrected chi connectivity index (χ4v) is 1.47. The predicted molar refractivity (Wildman–Crippen MR) is 70.2 cm³/mol. The Morgan fingerprint density at radius 1 is 1.42 bits per heavy atom. The van der Waals surface area contributed by atoms with Crippen LogP contribution in [0.5, 0.6) is 5.75 Å². The number of hydrogen-bond donors (Lipinski definition) is 1. The van der Waals surface area contributed by atoms with Gasteiger partial charge in [-0.1, -0.05) is 11.6 Å². The molecule has 0 radical (unpaired) electrons. The van der Waals surface area contributed by atoms with E-state index >= 15 is 0 Å². The second-order valence-electron chi connectivity index (χ2n) is 3.53. The van der Waals surface area contributed by atoms with Crippen LogP contribution in [0.1, 0.15) is 12.0 Å². The molecule has 0 bridgehead atoms. The standard InChI is InChI=1S/C13H13ClO5/c1-18-13(17)6-7-19-11-4-3-10(14)8-9(11)2-5-12(15)16/h2-5,8H,6-7H2,1H3,(H,15,16).